The van der Waals surface area contributed by atoms with Crippen molar-refractivity contribution in [2.45, 2.75) is 58.7 Å². The predicted molar refractivity (Wildman–Crippen MR) is 89.7 cm³/mol. The summed E-state index contributed by atoms with van der Waals surface area (Å²) >= 11 is 0. The first-order valence-corrected chi connectivity index (χ1v) is 9.15. The van der Waals surface area contributed by atoms with Crippen molar-refractivity contribution in [3.63, 3.8) is 0 Å². The summed E-state index contributed by atoms with van der Waals surface area (Å²) in [5, 5.41) is 9.29. The zero-order valence-electron chi connectivity index (χ0n) is 15.1. The molecule has 24 heavy (non-hydrogen) atoms. The van der Waals surface area contributed by atoms with Crippen LogP contribution in [0.25, 0.3) is 0 Å². The quantitative estimate of drug-likeness (QED) is 0.768. The highest BCUT2D eigenvalue weighted by Gasteiger charge is 2.41. The molecule has 2 heterocycles. The van der Waals surface area contributed by atoms with Crippen LogP contribution in [0.4, 0.5) is 0 Å². The largest absolute Gasteiger partial charge is 0.481 e. The molecule has 0 aromatic rings. The summed E-state index contributed by atoms with van der Waals surface area (Å²) in [5.41, 5.74) is 0. The Kier molecular flexibility index (Phi) is 7.04. The highest BCUT2D eigenvalue weighted by molar-refractivity contribution is 5.80. The minimum atomic E-state index is -0.761. The number of nitrogens with zero attached hydrogens (tertiary/aromatic N) is 1. The molecule has 6 heteroatoms. The lowest BCUT2D eigenvalue weighted by molar-refractivity contribution is -0.148. The van der Waals surface area contributed by atoms with Gasteiger partial charge in [0, 0.05) is 26.3 Å². The van der Waals surface area contributed by atoms with Gasteiger partial charge in [-0.1, -0.05) is 13.8 Å². The second kappa shape index (κ2) is 8.81. The third kappa shape index (κ3) is 4.93. The summed E-state index contributed by atoms with van der Waals surface area (Å²) in [6, 6.07) is 0. The number of carbonyl (C=O) groups excluding carboxylic acids is 1. The topological polar surface area (TPSA) is 76.1 Å². The zero-order valence-corrected chi connectivity index (χ0v) is 15.1. The highest BCUT2D eigenvalue weighted by atomic mass is 16.5. The normalized spacial score (nSPS) is 26.8. The maximum Gasteiger partial charge on any atom is 0.309 e. The van der Waals surface area contributed by atoms with Crippen LogP contribution >= 0.6 is 0 Å². The van der Waals surface area contributed by atoms with Crippen molar-refractivity contribution < 1.29 is 24.2 Å². The number of carbonyl (C=O) groups is 2. The van der Waals surface area contributed by atoms with Gasteiger partial charge in [-0.15, -0.1) is 0 Å². The molecule has 2 fully saturated rings. The number of carboxylic acids is 1. The lowest BCUT2D eigenvalue weighted by Crippen LogP contribution is -2.46. The Bertz CT molecular complexity index is 431. The van der Waals surface area contributed by atoms with Crippen LogP contribution in [0.15, 0.2) is 0 Å². The van der Waals surface area contributed by atoms with Gasteiger partial charge >= 0.3 is 5.97 Å². The van der Waals surface area contributed by atoms with Gasteiger partial charge in [-0.05, 0) is 44.4 Å². The molecule has 138 valence electrons. The Hall–Kier alpha value is -1.14. The van der Waals surface area contributed by atoms with E-state index in [1.165, 1.54) is 0 Å². The van der Waals surface area contributed by atoms with Crippen molar-refractivity contribution in [2.24, 2.45) is 17.8 Å². The second-order valence-electron chi connectivity index (χ2n) is 7.43. The number of hydrogen-bond acceptors (Lipinski definition) is 4. The third-order valence-corrected chi connectivity index (χ3v) is 5.18. The van der Waals surface area contributed by atoms with E-state index < -0.39 is 18.0 Å². The molecule has 2 rings (SSSR count). The minimum Gasteiger partial charge on any atom is -0.481 e. The number of hydrogen-bond donors (Lipinski definition) is 1. The zero-order chi connectivity index (χ0) is 17.7. The molecular weight excluding hydrogens is 310 g/mol. The summed E-state index contributed by atoms with van der Waals surface area (Å²) in [6.45, 7) is 8.54. The molecule has 0 radical (unpaired) electrons. The van der Waals surface area contributed by atoms with E-state index in [0.29, 0.717) is 38.6 Å². The Morgan fingerprint density at radius 1 is 1.21 bits per heavy atom. The van der Waals surface area contributed by atoms with Crippen molar-refractivity contribution in [1.29, 1.82) is 0 Å². The number of likely N-dealkylation sites (tertiary alicyclic amines) is 1. The van der Waals surface area contributed by atoms with Crippen LogP contribution < -0.4 is 0 Å². The molecule has 0 saturated carbocycles. The van der Waals surface area contributed by atoms with Gasteiger partial charge in [0.25, 0.3) is 5.91 Å². The van der Waals surface area contributed by atoms with Gasteiger partial charge < -0.3 is 19.5 Å². The molecule has 0 aliphatic carbocycles. The summed E-state index contributed by atoms with van der Waals surface area (Å²) in [7, 11) is 0. The average molecular weight is 341 g/mol. The average Bonchev–Trinajstić information content (AvgIpc) is 3.03. The van der Waals surface area contributed by atoms with Gasteiger partial charge in [0.2, 0.25) is 0 Å². The number of carboxylic acid groups (broad SMARTS) is 1. The van der Waals surface area contributed by atoms with Gasteiger partial charge in [0.15, 0.2) is 0 Å². The molecule has 2 aliphatic heterocycles. The Balaban J connectivity index is 1.77. The molecule has 1 amide bonds. The molecule has 0 aromatic heterocycles. The van der Waals surface area contributed by atoms with E-state index in [2.05, 4.69) is 13.8 Å². The minimum absolute atomic E-state index is 0.0410. The summed E-state index contributed by atoms with van der Waals surface area (Å²) < 4.78 is 11.3. The number of amides is 1. The Morgan fingerprint density at radius 2 is 1.88 bits per heavy atom. The summed E-state index contributed by atoms with van der Waals surface area (Å²) in [4.78, 5) is 25.6. The first kappa shape index (κ1) is 19.2. The van der Waals surface area contributed by atoms with E-state index in [4.69, 9.17) is 9.47 Å². The van der Waals surface area contributed by atoms with Gasteiger partial charge in [0.05, 0.1) is 12.0 Å². The molecule has 2 unspecified atom stereocenters. The predicted octanol–water partition coefficient (Wildman–Crippen LogP) is 2.17. The summed E-state index contributed by atoms with van der Waals surface area (Å²) in [5.74, 6) is -0.315. The molecule has 0 aromatic carbocycles. The number of piperidine rings is 1. The van der Waals surface area contributed by atoms with E-state index in [1.807, 2.05) is 11.8 Å². The standard InChI is InChI=1S/C18H31NO5/c1-12(2)6-10-23-13(3)17(20)19-8-4-14(5-9-19)16-15(18(21)22)7-11-24-16/h12-16H,4-11H2,1-3H3,(H,21,22)/t13?,15?,16-/m0/s1. The number of aliphatic carboxylic acids is 1. The molecule has 0 spiro atoms. The van der Waals surface area contributed by atoms with Crippen LogP contribution in [-0.4, -0.2) is 60.4 Å². The molecule has 2 saturated heterocycles. The van der Waals surface area contributed by atoms with E-state index in [1.54, 1.807) is 0 Å². The van der Waals surface area contributed by atoms with Crippen LogP contribution in [-0.2, 0) is 19.1 Å². The first-order chi connectivity index (χ1) is 11.4. The Morgan fingerprint density at radius 3 is 2.46 bits per heavy atom. The Labute approximate surface area is 144 Å². The molecular formula is C18H31NO5. The second-order valence-corrected chi connectivity index (χ2v) is 7.43. The van der Waals surface area contributed by atoms with Crippen LogP contribution in [0.2, 0.25) is 0 Å². The maximum absolute atomic E-state index is 12.4. The molecule has 2 aliphatic rings. The molecule has 3 atom stereocenters. The van der Waals surface area contributed by atoms with Crippen molar-refractivity contribution in [1.82, 2.24) is 4.90 Å². The molecule has 0 bridgehead atoms. The van der Waals surface area contributed by atoms with Gasteiger partial charge in [-0.3, -0.25) is 9.59 Å². The van der Waals surface area contributed by atoms with Crippen molar-refractivity contribution >= 4 is 11.9 Å². The smallest absolute Gasteiger partial charge is 0.309 e. The highest BCUT2D eigenvalue weighted by Crippen LogP contribution is 2.33. The molecule has 1 N–H and O–H groups in total. The van der Waals surface area contributed by atoms with Crippen molar-refractivity contribution in [3.05, 3.63) is 0 Å². The lowest BCUT2D eigenvalue weighted by atomic mass is 9.84. The lowest BCUT2D eigenvalue weighted by Gasteiger charge is -2.36. The van der Waals surface area contributed by atoms with E-state index in [0.717, 1.165) is 19.3 Å². The number of rotatable bonds is 7. The fourth-order valence-electron chi connectivity index (χ4n) is 3.60. The van der Waals surface area contributed by atoms with E-state index >= 15 is 0 Å². The van der Waals surface area contributed by atoms with Gasteiger partial charge in [0.1, 0.15) is 6.10 Å². The fourth-order valence-corrected chi connectivity index (χ4v) is 3.60. The van der Waals surface area contributed by atoms with Crippen LogP contribution in [0, 0.1) is 17.8 Å². The van der Waals surface area contributed by atoms with Crippen LogP contribution in [0.3, 0.4) is 0 Å². The maximum atomic E-state index is 12.4. The van der Waals surface area contributed by atoms with Gasteiger partial charge in [-0.25, -0.2) is 0 Å². The fraction of sp³-hybridized carbons (Fsp3) is 0.889. The van der Waals surface area contributed by atoms with Crippen LogP contribution in [0.1, 0.15) is 46.5 Å². The monoisotopic (exact) mass is 341 g/mol. The van der Waals surface area contributed by atoms with Crippen molar-refractivity contribution in [3.8, 4) is 0 Å². The van der Waals surface area contributed by atoms with Crippen LogP contribution in [0.5, 0.6) is 0 Å². The third-order valence-electron chi connectivity index (χ3n) is 5.18. The van der Waals surface area contributed by atoms with Gasteiger partial charge in [-0.2, -0.15) is 0 Å². The summed E-state index contributed by atoms with van der Waals surface area (Å²) in [6.07, 6.45) is 2.56. The first-order valence-electron chi connectivity index (χ1n) is 9.15. The van der Waals surface area contributed by atoms with E-state index in [9.17, 15) is 14.7 Å². The molecule has 6 nitrogen and oxygen atoms in total. The number of ether oxygens (including phenoxy) is 2. The van der Waals surface area contributed by atoms with Crippen molar-refractivity contribution in [2.75, 3.05) is 26.3 Å². The van der Waals surface area contributed by atoms with E-state index in [-0.39, 0.29) is 17.9 Å². The SMILES string of the molecule is CC(C)CCOC(C)C(=O)N1CCC([C@@H]2OCCC2C(=O)O)CC1.